The van der Waals surface area contributed by atoms with Crippen LogP contribution < -0.4 is 5.32 Å². The van der Waals surface area contributed by atoms with Gasteiger partial charge in [-0.05, 0) is 11.6 Å². The number of carbonyl (C=O) groups is 1. The number of carbonyl (C=O) groups excluding carboxylic acids is 1. The molecule has 25 heavy (non-hydrogen) atoms. The second-order valence-electron chi connectivity index (χ2n) is 6.26. The Hall–Kier alpha value is -2.46. The molecule has 0 unspecified atom stereocenters. The maximum atomic E-state index is 12.5. The number of aromatic nitrogens is 2. The number of fused-ring (bicyclic) bond motifs is 3. The Labute approximate surface area is 153 Å². The van der Waals surface area contributed by atoms with Crippen molar-refractivity contribution >= 4 is 21.8 Å². The molecule has 2 N–H and O–H groups in total. The van der Waals surface area contributed by atoms with Crippen LogP contribution in [0.5, 0.6) is 0 Å². The molecule has 0 saturated carbocycles. The van der Waals surface area contributed by atoms with Crippen molar-refractivity contribution in [2.45, 2.75) is 31.3 Å². The fourth-order valence-corrected chi connectivity index (χ4v) is 3.72. The Bertz CT molecular complexity index is 918. The molecule has 1 aliphatic carbocycles. The number of benzene rings is 1. The zero-order chi connectivity index (χ0) is 17.4. The van der Waals surface area contributed by atoms with Gasteiger partial charge in [0.1, 0.15) is 5.69 Å². The van der Waals surface area contributed by atoms with Crippen molar-refractivity contribution in [2.75, 3.05) is 6.54 Å². The first kappa shape index (κ1) is 16.0. The smallest absolute Gasteiger partial charge is 0.269 e. The fourth-order valence-electron chi connectivity index (χ4n) is 3.22. The molecule has 0 fully saturated rings. The van der Waals surface area contributed by atoms with Crippen molar-refractivity contribution in [2.24, 2.45) is 10.2 Å². The van der Waals surface area contributed by atoms with Crippen molar-refractivity contribution < 1.29 is 4.79 Å². The SMILES string of the molecule is C#CCCC1(CCNC(=O)c2[nH]nc3c2Cc2c(Br)cccc2-3)N=N1. The lowest BCUT2D eigenvalue weighted by Gasteiger charge is -2.09. The third-order valence-corrected chi connectivity index (χ3v) is 5.43. The van der Waals surface area contributed by atoms with Crippen molar-refractivity contribution in [3.05, 3.63) is 39.5 Å². The number of halogens is 1. The third-order valence-electron chi connectivity index (χ3n) is 4.69. The van der Waals surface area contributed by atoms with E-state index in [2.05, 4.69) is 47.6 Å². The largest absolute Gasteiger partial charge is 0.351 e. The van der Waals surface area contributed by atoms with Crippen LogP contribution in [-0.4, -0.2) is 28.3 Å². The first-order valence-electron chi connectivity index (χ1n) is 8.14. The fraction of sp³-hybridized carbons (Fsp3) is 0.333. The second kappa shape index (κ2) is 6.12. The van der Waals surface area contributed by atoms with E-state index >= 15 is 0 Å². The monoisotopic (exact) mass is 397 g/mol. The van der Waals surface area contributed by atoms with E-state index in [1.54, 1.807) is 0 Å². The predicted octanol–water partition coefficient (Wildman–Crippen LogP) is 3.44. The number of hydrogen-bond acceptors (Lipinski definition) is 4. The lowest BCUT2D eigenvalue weighted by Crippen LogP contribution is -2.29. The summed E-state index contributed by atoms with van der Waals surface area (Å²) in [5.41, 5.74) is 4.20. The van der Waals surface area contributed by atoms with Crippen molar-refractivity contribution in [1.82, 2.24) is 15.5 Å². The standard InChI is InChI=1S/C18H16BrN5O/c1-2-3-7-18(23-24-18)8-9-20-17(25)16-13-10-12-11(15(13)21-22-16)5-4-6-14(12)19/h1,4-6H,3,7-10H2,(H,20,25)(H,21,22). The van der Waals surface area contributed by atoms with Gasteiger partial charge < -0.3 is 5.32 Å². The minimum absolute atomic E-state index is 0.148. The molecular formula is C18H16BrN5O. The summed E-state index contributed by atoms with van der Waals surface area (Å²) in [5, 5.41) is 18.3. The summed E-state index contributed by atoms with van der Waals surface area (Å²) >= 11 is 3.57. The minimum atomic E-state index is -0.378. The molecule has 1 aromatic heterocycles. The average molecular weight is 398 g/mol. The summed E-state index contributed by atoms with van der Waals surface area (Å²) in [6, 6.07) is 6.01. The van der Waals surface area contributed by atoms with E-state index < -0.39 is 0 Å². The van der Waals surface area contributed by atoms with E-state index in [0.29, 0.717) is 31.5 Å². The summed E-state index contributed by atoms with van der Waals surface area (Å²) in [4.78, 5) is 12.5. The van der Waals surface area contributed by atoms with Crippen LogP contribution >= 0.6 is 15.9 Å². The molecular weight excluding hydrogens is 382 g/mol. The van der Waals surface area contributed by atoms with Crippen LogP contribution in [0, 0.1) is 12.3 Å². The Morgan fingerprint density at radius 1 is 1.36 bits per heavy atom. The molecule has 7 heteroatoms. The first-order valence-corrected chi connectivity index (χ1v) is 8.93. The zero-order valence-corrected chi connectivity index (χ0v) is 15.1. The summed E-state index contributed by atoms with van der Waals surface area (Å²) < 4.78 is 1.04. The molecule has 1 aliphatic heterocycles. The molecule has 0 radical (unpaired) electrons. The van der Waals surface area contributed by atoms with Crippen LogP contribution in [0.1, 0.15) is 40.9 Å². The van der Waals surface area contributed by atoms with E-state index in [-0.39, 0.29) is 11.6 Å². The average Bonchev–Trinajstić information content (AvgIpc) is 3.08. The summed E-state index contributed by atoms with van der Waals surface area (Å²) in [6.45, 7) is 0.501. The van der Waals surface area contributed by atoms with E-state index in [1.807, 2.05) is 18.2 Å². The molecule has 4 rings (SSSR count). The number of H-pyrrole nitrogens is 1. The van der Waals surface area contributed by atoms with Crippen LogP contribution in [0.15, 0.2) is 32.9 Å². The normalized spacial score (nSPS) is 15.4. The highest BCUT2D eigenvalue weighted by Crippen LogP contribution is 2.40. The molecule has 2 heterocycles. The minimum Gasteiger partial charge on any atom is -0.351 e. The Morgan fingerprint density at radius 3 is 2.96 bits per heavy atom. The number of amides is 1. The number of rotatable bonds is 6. The topological polar surface area (TPSA) is 82.5 Å². The van der Waals surface area contributed by atoms with Gasteiger partial charge in [-0.2, -0.15) is 15.3 Å². The van der Waals surface area contributed by atoms with Gasteiger partial charge >= 0.3 is 0 Å². The van der Waals surface area contributed by atoms with E-state index in [4.69, 9.17) is 6.42 Å². The quantitative estimate of drug-likeness (QED) is 0.624. The highest BCUT2D eigenvalue weighted by molar-refractivity contribution is 9.10. The number of terminal acetylenes is 1. The van der Waals surface area contributed by atoms with Crippen molar-refractivity contribution in [3.63, 3.8) is 0 Å². The number of hydrogen-bond donors (Lipinski definition) is 2. The van der Waals surface area contributed by atoms with E-state index in [9.17, 15) is 4.79 Å². The lowest BCUT2D eigenvalue weighted by atomic mass is 10.0. The molecule has 126 valence electrons. The molecule has 6 nitrogen and oxygen atoms in total. The van der Waals surface area contributed by atoms with Gasteiger partial charge in [-0.15, -0.1) is 12.3 Å². The maximum absolute atomic E-state index is 12.5. The Morgan fingerprint density at radius 2 is 2.20 bits per heavy atom. The molecule has 0 saturated heterocycles. The molecule has 2 aromatic rings. The number of nitrogens with one attached hydrogen (secondary N) is 2. The van der Waals surface area contributed by atoms with Crippen LogP contribution in [0.25, 0.3) is 11.3 Å². The van der Waals surface area contributed by atoms with Crippen molar-refractivity contribution in [1.29, 1.82) is 0 Å². The van der Waals surface area contributed by atoms with E-state index in [0.717, 1.165) is 27.7 Å². The molecule has 0 spiro atoms. The van der Waals surface area contributed by atoms with Crippen LogP contribution in [0.4, 0.5) is 0 Å². The van der Waals surface area contributed by atoms with Crippen LogP contribution in [0.3, 0.4) is 0 Å². The molecule has 0 atom stereocenters. The van der Waals surface area contributed by atoms with Gasteiger partial charge in [0.15, 0.2) is 5.66 Å². The van der Waals surface area contributed by atoms with Gasteiger partial charge in [0.05, 0.1) is 5.69 Å². The Kier molecular flexibility index (Phi) is 3.92. The highest BCUT2D eigenvalue weighted by atomic mass is 79.9. The van der Waals surface area contributed by atoms with Gasteiger partial charge in [0.25, 0.3) is 5.91 Å². The predicted molar refractivity (Wildman–Crippen MR) is 97.1 cm³/mol. The second-order valence-corrected chi connectivity index (χ2v) is 7.12. The summed E-state index contributed by atoms with van der Waals surface area (Å²) in [6.07, 6.45) is 8.03. The van der Waals surface area contributed by atoms with Gasteiger partial charge in [-0.3, -0.25) is 9.89 Å². The summed E-state index contributed by atoms with van der Waals surface area (Å²) in [5.74, 6) is 2.45. The van der Waals surface area contributed by atoms with Gasteiger partial charge in [0, 0.05) is 47.8 Å². The van der Waals surface area contributed by atoms with E-state index in [1.165, 1.54) is 5.56 Å². The number of nitrogens with zero attached hydrogens (tertiary/aromatic N) is 3. The van der Waals surface area contributed by atoms with Crippen LogP contribution in [0.2, 0.25) is 0 Å². The number of aromatic amines is 1. The van der Waals surface area contributed by atoms with Crippen molar-refractivity contribution in [3.8, 4) is 23.6 Å². The molecule has 2 aliphatic rings. The Balaban J connectivity index is 1.41. The van der Waals surface area contributed by atoms with Gasteiger partial charge in [-0.1, -0.05) is 28.1 Å². The first-order chi connectivity index (χ1) is 12.1. The highest BCUT2D eigenvalue weighted by Gasteiger charge is 2.38. The zero-order valence-electron chi connectivity index (χ0n) is 13.5. The molecule has 0 bridgehead atoms. The van der Waals surface area contributed by atoms with Gasteiger partial charge in [0.2, 0.25) is 0 Å². The molecule has 1 aromatic carbocycles. The third kappa shape index (κ3) is 2.87. The van der Waals surface area contributed by atoms with Gasteiger partial charge in [-0.25, -0.2) is 0 Å². The van der Waals surface area contributed by atoms with Crippen LogP contribution in [-0.2, 0) is 6.42 Å². The molecule has 1 amide bonds. The maximum Gasteiger partial charge on any atom is 0.269 e. The summed E-state index contributed by atoms with van der Waals surface area (Å²) in [7, 11) is 0. The lowest BCUT2D eigenvalue weighted by molar-refractivity contribution is 0.0946.